The molecule has 1 aliphatic carbocycles. The summed E-state index contributed by atoms with van der Waals surface area (Å²) in [6, 6.07) is 13.1. The fraction of sp³-hybridized carbons (Fsp3) is 0.261. The van der Waals surface area contributed by atoms with Gasteiger partial charge in [0.2, 0.25) is 0 Å². The minimum atomic E-state index is -0.495. The largest absolute Gasteiger partial charge is 0.494 e. The Kier molecular flexibility index (Phi) is 4.05. The lowest BCUT2D eigenvalue weighted by Crippen LogP contribution is -2.13. The van der Waals surface area contributed by atoms with Gasteiger partial charge in [0.15, 0.2) is 11.6 Å². The number of aliphatic hydroxyl groups excluding tert-OH is 1. The zero-order valence-corrected chi connectivity index (χ0v) is 15.6. The number of H-pyrrole nitrogens is 1. The molecule has 5 rings (SSSR count). The van der Waals surface area contributed by atoms with Crippen LogP contribution in [0.2, 0.25) is 0 Å². The van der Waals surface area contributed by atoms with E-state index in [9.17, 15) is 9.50 Å². The highest BCUT2D eigenvalue weighted by atomic mass is 19.1. The van der Waals surface area contributed by atoms with Gasteiger partial charge in [-0.1, -0.05) is 24.3 Å². The Bertz CT molecular complexity index is 1200. The molecule has 2 heterocycles. The molecule has 0 saturated carbocycles. The first-order valence-electron chi connectivity index (χ1n) is 9.58. The smallest absolute Gasteiger partial charge is 0.165 e. The van der Waals surface area contributed by atoms with Gasteiger partial charge >= 0.3 is 0 Å². The summed E-state index contributed by atoms with van der Waals surface area (Å²) in [5.74, 6) is -0.137. The van der Waals surface area contributed by atoms with Crippen LogP contribution in [0.25, 0.3) is 21.8 Å². The van der Waals surface area contributed by atoms with Crippen LogP contribution in [0.3, 0.4) is 0 Å². The van der Waals surface area contributed by atoms with E-state index in [2.05, 4.69) is 11.1 Å². The predicted octanol–water partition coefficient (Wildman–Crippen LogP) is 4.82. The lowest BCUT2D eigenvalue weighted by molar-refractivity contribution is 0.157. The van der Waals surface area contributed by atoms with Crippen molar-refractivity contribution in [1.29, 1.82) is 0 Å². The van der Waals surface area contributed by atoms with Gasteiger partial charge in [0.05, 0.1) is 24.4 Å². The van der Waals surface area contributed by atoms with Crippen molar-refractivity contribution in [2.75, 3.05) is 7.11 Å². The van der Waals surface area contributed by atoms with Crippen LogP contribution in [0, 0.1) is 5.82 Å². The topological polar surface area (TPSA) is 58.1 Å². The molecule has 0 bridgehead atoms. The van der Waals surface area contributed by atoms with Gasteiger partial charge in [-0.25, -0.2) is 4.39 Å². The number of aliphatic hydroxyl groups is 1. The summed E-state index contributed by atoms with van der Waals surface area (Å²) in [4.78, 5) is 8.39. The van der Waals surface area contributed by atoms with Crippen LogP contribution in [0.4, 0.5) is 4.39 Å². The Labute approximate surface area is 162 Å². The van der Waals surface area contributed by atoms with Crippen LogP contribution in [0.5, 0.6) is 5.75 Å². The predicted molar refractivity (Wildman–Crippen MR) is 107 cm³/mol. The third-order valence-corrected chi connectivity index (χ3v) is 5.66. The number of ether oxygens (including phenoxy) is 1. The standard InChI is InChI=1S/C23H21FN2O2/c1-28-20-10-9-13(11-15(20)24)12-18-23-21(14-5-2-3-6-16(14)26-23)22-17(25-18)7-4-8-19(22)27/h2-3,5-6,9-11,19,26-27H,4,7-8,12H2,1H3/t19-/m0/s1. The van der Waals surface area contributed by atoms with Gasteiger partial charge < -0.3 is 14.8 Å². The van der Waals surface area contributed by atoms with Gasteiger partial charge in [0, 0.05) is 34.0 Å². The summed E-state index contributed by atoms with van der Waals surface area (Å²) in [5, 5.41) is 12.8. The van der Waals surface area contributed by atoms with E-state index in [0.29, 0.717) is 6.42 Å². The highest BCUT2D eigenvalue weighted by Crippen LogP contribution is 2.39. The molecular formula is C23H21FN2O2. The van der Waals surface area contributed by atoms with Gasteiger partial charge in [-0.15, -0.1) is 0 Å². The lowest BCUT2D eigenvalue weighted by Gasteiger charge is -2.23. The number of aryl methyl sites for hydroxylation is 1. The second kappa shape index (κ2) is 6.60. The summed E-state index contributed by atoms with van der Waals surface area (Å²) in [6.07, 6.45) is 2.54. The number of aromatic nitrogens is 2. The number of aromatic amines is 1. The highest BCUT2D eigenvalue weighted by Gasteiger charge is 2.26. The molecule has 0 spiro atoms. The van der Waals surface area contributed by atoms with E-state index in [-0.39, 0.29) is 11.6 Å². The van der Waals surface area contributed by atoms with Crippen LogP contribution in [0.15, 0.2) is 42.5 Å². The van der Waals surface area contributed by atoms with Crippen molar-refractivity contribution in [1.82, 2.24) is 9.97 Å². The molecule has 4 nitrogen and oxygen atoms in total. The van der Waals surface area contributed by atoms with Crippen molar-refractivity contribution in [3.8, 4) is 5.75 Å². The van der Waals surface area contributed by atoms with Crippen LogP contribution in [-0.4, -0.2) is 22.2 Å². The molecule has 2 aromatic carbocycles. The third-order valence-electron chi connectivity index (χ3n) is 5.66. The molecule has 0 fully saturated rings. The maximum absolute atomic E-state index is 14.2. The van der Waals surface area contributed by atoms with Gasteiger partial charge in [0.25, 0.3) is 0 Å². The molecule has 2 aromatic heterocycles. The Morgan fingerprint density at radius 3 is 2.93 bits per heavy atom. The SMILES string of the molecule is COc1ccc(Cc2nc3c(c4c2[nH]c2ccccc24)[C@@H](O)CCC3)cc1F. The lowest BCUT2D eigenvalue weighted by atomic mass is 9.89. The zero-order valence-electron chi connectivity index (χ0n) is 15.6. The first kappa shape index (κ1) is 17.2. The van der Waals surface area contributed by atoms with Gasteiger partial charge in [0.1, 0.15) is 0 Å². The second-order valence-corrected chi connectivity index (χ2v) is 7.39. The number of para-hydroxylation sites is 1. The number of pyridine rings is 1. The highest BCUT2D eigenvalue weighted by molar-refractivity contribution is 6.10. The number of hydrogen-bond acceptors (Lipinski definition) is 3. The number of nitrogens with zero attached hydrogens (tertiary/aromatic N) is 1. The first-order valence-corrected chi connectivity index (χ1v) is 9.58. The average Bonchev–Trinajstić information content (AvgIpc) is 3.08. The van der Waals surface area contributed by atoms with E-state index in [0.717, 1.165) is 63.6 Å². The quantitative estimate of drug-likeness (QED) is 0.539. The van der Waals surface area contributed by atoms with Crippen molar-refractivity contribution < 1.29 is 14.2 Å². The summed E-state index contributed by atoms with van der Waals surface area (Å²) < 4.78 is 19.2. The zero-order chi connectivity index (χ0) is 19.3. The van der Waals surface area contributed by atoms with E-state index < -0.39 is 6.10 Å². The Hall–Kier alpha value is -2.92. The van der Waals surface area contributed by atoms with Crippen molar-refractivity contribution in [2.45, 2.75) is 31.8 Å². The minimum Gasteiger partial charge on any atom is -0.494 e. The third kappa shape index (κ3) is 2.66. The van der Waals surface area contributed by atoms with Crippen LogP contribution in [-0.2, 0) is 12.8 Å². The molecule has 0 aliphatic heterocycles. The van der Waals surface area contributed by atoms with Gasteiger partial charge in [-0.3, -0.25) is 4.98 Å². The summed E-state index contributed by atoms with van der Waals surface area (Å²) in [6.45, 7) is 0. The maximum atomic E-state index is 14.2. The molecule has 142 valence electrons. The van der Waals surface area contributed by atoms with Crippen molar-refractivity contribution in [3.05, 3.63) is 70.8 Å². The van der Waals surface area contributed by atoms with Crippen LogP contribution < -0.4 is 4.74 Å². The Morgan fingerprint density at radius 1 is 1.25 bits per heavy atom. The van der Waals surface area contributed by atoms with Gasteiger partial charge in [-0.05, 0) is 43.0 Å². The van der Waals surface area contributed by atoms with E-state index in [4.69, 9.17) is 9.72 Å². The molecule has 28 heavy (non-hydrogen) atoms. The van der Waals surface area contributed by atoms with Crippen molar-refractivity contribution >= 4 is 21.8 Å². The van der Waals surface area contributed by atoms with E-state index in [1.807, 2.05) is 24.3 Å². The summed E-state index contributed by atoms with van der Waals surface area (Å²) in [5.41, 5.74) is 5.57. The monoisotopic (exact) mass is 376 g/mol. The number of rotatable bonds is 3. The first-order chi connectivity index (χ1) is 13.7. The Morgan fingerprint density at radius 2 is 2.11 bits per heavy atom. The second-order valence-electron chi connectivity index (χ2n) is 7.39. The maximum Gasteiger partial charge on any atom is 0.165 e. The average molecular weight is 376 g/mol. The minimum absolute atomic E-state index is 0.237. The molecular weight excluding hydrogens is 355 g/mol. The fourth-order valence-electron chi connectivity index (χ4n) is 4.36. The number of benzene rings is 2. The normalized spacial score (nSPS) is 16.5. The number of nitrogens with one attached hydrogen (secondary N) is 1. The van der Waals surface area contributed by atoms with E-state index >= 15 is 0 Å². The van der Waals surface area contributed by atoms with Gasteiger partial charge in [-0.2, -0.15) is 0 Å². The molecule has 4 aromatic rings. The van der Waals surface area contributed by atoms with Crippen molar-refractivity contribution in [2.24, 2.45) is 0 Å². The van der Waals surface area contributed by atoms with Crippen molar-refractivity contribution in [3.63, 3.8) is 0 Å². The summed E-state index contributed by atoms with van der Waals surface area (Å²) in [7, 11) is 1.46. The summed E-state index contributed by atoms with van der Waals surface area (Å²) >= 11 is 0. The van der Waals surface area contributed by atoms with Crippen LogP contribution in [0.1, 0.15) is 41.5 Å². The molecule has 1 atom stereocenters. The molecule has 0 radical (unpaired) electrons. The van der Waals surface area contributed by atoms with E-state index in [1.165, 1.54) is 13.2 Å². The molecule has 2 N–H and O–H groups in total. The number of fused-ring (bicyclic) bond motifs is 5. The molecule has 0 amide bonds. The van der Waals surface area contributed by atoms with Crippen LogP contribution >= 0.6 is 0 Å². The Balaban J connectivity index is 1.73. The molecule has 0 unspecified atom stereocenters. The molecule has 5 heteroatoms. The number of hydrogen-bond donors (Lipinski definition) is 2. The molecule has 1 aliphatic rings. The fourth-order valence-corrected chi connectivity index (χ4v) is 4.36. The molecule has 0 saturated heterocycles. The number of halogens is 1. The number of methoxy groups -OCH3 is 1. The van der Waals surface area contributed by atoms with E-state index in [1.54, 1.807) is 6.07 Å².